The Morgan fingerprint density at radius 1 is 1.23 bits per heavy atom. The van der Waals surface area contributed by atoms with Crippen LogP contribution in [-0.4, -0.2) is 47.6 Å². The fraction of sp³-hybridized carbons (Fsp3) is 1.00. The van der Waals surface area contributed by atoms with E-state index in [1.807, 2.05) is 0 Å². The average Bonchev–Trinajstić information content (AvgIpc) is 2.02. The topological polar surface area (TPSA) is 6.48 Å². The van der Waals surface area contributed by atoms with E-state index in [4.69, 9.17) is 0 Å². The van der Waals surface area contributed by atoms with Crippen LogP contribution in [0.5, 0.6) is 0 Å². The van der Waals surface area contributed by atoms with E-state index in [-0.39, 0.29) is 0 Å². The van der Waals surface area contributed by atoms with Crippen LogP contribution in [0.4, 0.5) is 0 Å². The molecule has 1 aliphatic rings. The van der Waals surface area contributed by atoms with E-state index in [9.17, 15) is 0 Å². The quantitative estimate of drug-likeness (QED) is 0.613. The van der Waals surface area contributed by atoms with Crippen molar-refractivity contribution < 1.29 is 0 Å². The molecule has 0 saturated carbocycles. The Bertz CT molecular complexity index is 160. The molecule has 1 atom stereocenters. The van der Waals surface area contributed by atoms with Crippen molar-refractivity contribution in [1.29, 1.82) is 0 Å². The van der Waals surface area contributed by atoms with Crippen molar-refractivity contribution in [2.75, 3.05) is 26.2 Å². The van der Waals surface area contributed by atoms with Crippen molar-refractivity contribution in [3.05, 3.63) is 0 Å². The van der Waals surface area contributed by atoms with Crippen LogP contribution in [0.2, 0.25) is 0 Å². The lowest BCUT2D eigenvalue weighted by Gasteiger charge is -2.45. The van der Waals surface area contributed by atoms with E-state index in [2.05, 4.69) is 44.4 Å². The highest BCUT2D eigenvalue weighted by Crippen LogP contribution is 2.18. The third kappa shape index (κ3) is 2.68. The summed E-state index contributed by atoms with van der Waals surface area (Å²) < 4.78 is 0. The second-order valence-corrected chi connectivity index (χ2v) is 5.09. The van der Waals surface area contributed by atoms with Gasteiger partial charge in [0.2, 0.25) is 0 Å². The van der Waals surface area contributed by atoms with Crippen LogP contribution in [0.15, 0.2) is 0 Å². The predicted molar refractivity (Wildman–Crippen MR) is 58.0 cm³/mol. The van der Waals surface area contributed by atoms with E-state index < -0.39 is 0 Å². The lowest BCUT2D eigenvalue weighted by Crippen LogP contribution is -2.57. The van der Waals surface area contributed by atoms with Crippen LogP contribution >= 0.6 is 0 Å². The fourth-order valence-corrected chi connectivity index (χ4v) is 2.07. The number of nitrogens with zero attached hydrogens (tertiary/aromatic N) is 2. The Morgan fingerprint density at radius 3 is 2.23 bits per heavy atom. The molecule has 1 aliphatic heterocycles. The minimum absolute atomic E-state index is 0.341. The molecule has 0 radical (unpaired) electrons. The van der Waals surface area contributed by atoms with Gasteiger partial charge in [0, 0.05) is 31.2 Å². The molecule has 0 aromatic rings. The first kappa shape index (κ1) is 11.0. The summed E-state index contributed by atoms with van der Waals surface area (Å²) in [4.78, 5) is 5.14. The summed E-state index contributed by atoms with van der Waals surface area (Å²) in [7, 11) is 0. The van der Waals surface area contributed by atoms with Crippen molar-refractivity contribution in [2.24, 2.45) is 0 Å². The van der Waals surface area contributed by atoms with Crippen LogP contribution in [0.25, 0.3) is 0 Å². The van der Waals surface area contributed by atoms with E-state index in [0.29, 0.717) is 5.54 Å². The SMILES string of the molecule is CCN1CCN(C(C)(C)C)C[C@@H]1C. The molecule has 13 heavy (non-hydrogen) atoms. The van der Waals surface area contributed by atoms with Gasteiger partial charge in [0.15, 0.2) is 0 Å². The number of hydrogen-bond acceptors (Lipinski definition) is 2. The molecular formula is C11H24N2. The molecule has 2 nitrogen and oxygen atoms in total. The molecule has 1 saturated heterocycles. The fourth-order valence-electron chi connectivity index (χ4n) is 2.07. The smallest absolute Gasteiger partial charge is 0.0195 e. The third-order valence-electron chi connectivity index (χ3n) is 3.12. The highest BCUT2D eigenvalue weighted by molar-refractivity contribution is 4.85. The van der Waals surface area contributed by atoms with Gasteiger partial charge in [0.05, 0.1) is 0 Å². The molecule has 0 unspecified atom stereocenters. The summed E-state index contributed by atoms with van der Waals surface area (Å²) in [6.07, 6.45) is 0. The molecule has 0 aliphatic carbocycles. The first-order valence-corrected chi connectivity index (χ1v) is 5.44. The average molecular weight is 184 g/mol. The molecule has 0 aromatic heterocycles. The van der Waals surface area contributed by atoms with Gasteiger partial charge >= 0.3 is 0 Å². The van der Waals surface area contributed by atoms with Gasteiger partial charge in [-0.3, -0.25) is 9.80 Å². The van der Waals surface area contributed by atoms with E-state index in [1.165, 1.54) is 26.2 Å². The molecule has 0 aromatic carbocycles. The van der Waals surface area contributed by atoms with Gasteiger partial charge in [0.25, 0.3) is 0 Å². The molecule has 78 valence electrons. The maximum absolute atomic E-state index is 2.59. The largest absolute Gasteiger partial charge is 0.298 e. The minimum Gasteiger partial charge on any atom is -0.298 e. The zero-order valence-electron chi connectivity index (χ0n) is 9.80. The number of hydrogen-bond donors (Lipinski definition) is 0. The highest BCUT2D eigenvalue weighted by atomic mass is 15.3. The zero-order valence-corrected chi connectivity index (χ0v) is 9.80. The van der Waals surface area contributed by atoms with Gasteiger partial charge in [-0.25, -0.2) is 0 Å². The van der Waals surface area contributed by atoms with Crippen molar-refractivity contribution in [1.82, 2.24) is 9.80 Å². The number of likely N-dealkylation sites (N-methyl/N-ethyl adjacent to an activating group) is 1. The molecule has 1 heterocycles. The van der Waals surface area contributed by atoms with Crippen LogP contribution in [0.3, 0.4) is 0 Å². The Hall–Kier alpha value is -0.0800. The van der Waals surface area contributed by atoms with Gasteiger partial charge in [-0.15, -0.1) is 0 Å². The maximum atomic E-state index is 2.59. The van der Waals surface area contributed by atoms with Crippen LogP contribution in [0.1, 0.15) is 34.6 Å². The summed E-state index contributed by atoms with van der Waals surface area (Å²) in [5.41, 5.74) is 0.341. The van der Waals surface area contributed by atoms with Gasteiger partial charge < -0.3 is 0 Å². The number of rotatable bonds is 1. The Labute approximate surface area is 82.9 Å². The highest BCUT2D eigenvalue weighted by Gasteiger charge is 2.28. The summed E-state index contributed by atoms with van der Waals surface area (Å²) in [5.74, 6) is 0. The summed E-state index contributed by atoms with van der Waals surface area (Å²) in [6.45, 7) is 16.4. The lowest BCUT2D eigenvalue weighted by atomic mass is 10.0. The molecule has 0 amide bonds. The summed E-state index contributed by atoms with van der Waals surface area (Å²) >= 11 is 0. The van der Waals surface area contributed by atoms with Crippen molar-refractivity contribution in [2.45, 2.75) is 46.2 Å². The molecule has 0 spiro atoms. The van der Waals surface area contributed by atoms with Crippen molar-refractivity contribution >= 4 is 0 Å². The standard InChI is InChI=1S/C11H24N2/c1-6-12-7-8-13(9-10(12)2)11(3,4)5/h10H,6-9H2,1-5H3/t10-/m0/s1. The van der Waals surface area contributed by atoms with Crippen molar-refractivity contribution in [3.63, 3.8) is 0 Å². The van der Waals surface area contributed by atoms with E-state index >= 15 is 0 Å². The van der Waals surface area contributed by atoms with Gasteiger partial charge in [0.1, 0.15) is 0 Å². The van der Waals surface area contributed by atoms with Crippen LogP contribution in [0, 0.1) is 0 Å². The molecule has 0 bridgehead atoms. The summed E-state index contributed by atoms with van der Waals surface area (Å²) in [5, 5.41) is 0. The predicted octanol–water partition coefficient (Wildman–Crippen LogP) is 1.81. The van der Waals surface area contributed by atoms with Crippen LogP contribution < -0.4 is 0 Å². The van der Waals surface area contributed by atoms with Gasteiger partial charge in [-0.1, -0.05) is 6.92 Å². The Morgan fingerprint density at radius 2 is 1.85 bits per heavy atom. The number of piperazine rings is 1. The summed E-state index contributed by atoms with van der Waals surface area (Å²) in [6, 6.07) is 0.720. The maximum Gasteiger partial charge on any atom is 0.0195 e. The zero-order chi connectivity index (χ0) is 10.1. The monoisotopic (exact) mass is 184 g/mol. The third-order valence-corrected chi connectivity index (χ3v) is 3.12. The van der Waals surface area contributed by atoms with Crippen LogP contribution in [-0.2, 0) is 0 Å². The molecule has 1 fully saturated rings. The molecular weight excluding hydrogens is 160 g/mol. The van der Waals surface area contributed by atoms with E-state index in [1.54, 1.807) is 0 Å². The van der Waals surface area contributed by atoms with Crippen molar-refractivity contribution in [3.8, 4) is 0 Å². The second kappa shape index (κ2) is 3.97. The Kier molecular flexibility index (Phi) is 3.36. The molecule has 0 N–H and O–H groups in total. The second-order valence-electron chi connectivity index (χ2n) is 5.09. The molecule has 2 heteroatoms. The lowest BCUT2D eigenvalue weighted by molar-refractivity contribution is 0.0312. The minimum atomic E-state index is 0.341. The van der Waals surface area contributed by atoms with E-state index in [0.717, 1.165) is 6.04 Å². The van der Waals surface area contributed by atoms with Gasteiger partial charge in [-0.05, 0) is 34.2 Å². The first-order chi connectivity index (χ1) is 5.95. The molecule has 1 rings (SSSR count). The first-order valence-electron chi connectivity index (χ1n) is 5.44. The Balaban J connectivity index is 2.51. The normalized spacial score (nSPS) is 27.9. The van der Waals surface area contributed by atoms with Gasteiger partial charge in [-0.2, -0.15) is 0 Å².